The summed E-state index contributed by atoms with van der Waals surface area (Å²) >= 11 is 1.33. The molecule has 1 aromatic heterocycles. The zero-order chi connectivity index (χ0) is 19.7. The van der Waals surface area contributed by atoms with Gasteiger partial charge in [0.05, 0.1) is 16.8 Å². The number of hydrogen-bond acceptors (Lipinski definition) is 6. The quantitative estimate of drug-likeness (QED) is 0.446. The third-order valence-corrected chi connectivity index (χ3v) is 4.91. The molecule has 0 saturated carbocycles. The molecule has 0 amide bonds. The molecule has 4 rings (SSSR count). The van der Waals surface area contributed by atoms with Gasteiger partial charge in [0.15, 0.2) is 6.61 Å². The fourth-order valence-electron chi connectivity index (χ4n) is 3.17. The SMILES string of the molecule is CSc1n[n+]2c(c(=O)[nH]1)-c1ccccc1N[C@@H]2c1ccccc1OCC(=O)O. The highest BCUT2D eigenvalue weighted by Crippen LogP contribution is 2.34. The molecule has 0 aliphatic carbocycles. The summed E-state index contributed by atoms with van der Waals surface area (Å²) < 4.78 is 7.09. The van der Waals surface area contributed by atoms with Gasteiger partial charge in [-0.25, -0.2) is 4.79 Å². The average Bonchev–Trinajstić information content (AvgIpc) is 2.71. The Labute approximate surface area is 164 Å². The van der Waals surface area contributed by atoms with E-state index in [0.717, 1.165) is 11.3 Å². The van der Waals surface area contributed by atoms with Crippen LogP contribution in [0, 0.1) is 0 Å². The molecule has 1 atom stereocenters. The predicted octanol–water partition coefficient (Wildman–Crippen LogP) is 1.88. The molecule has 0 saturated heterocycles. The lowest BCUT2D eigenvalue weighted by atomic mass is 10.0. The Morgan fingerprint density at radius 1 is 1.25 bits per heavy atom. The first kappa shape index (κ1) is 18.1. The van der Waals surface area contributed by atoms with Gasteiger partial charge in [0, 0.05) is 5.10 Å². The first-order valence-corrected chi connectivity index (χ1v) is 9.70. The fraction of sp³-hybridized carbons (Fsp3) is 0.158. The molecular weight excluding hydrogens is 380 g/mol. The number of ether oxygens (including phenoxy) is 1. The molecule has 9 heteroatoms. The van der Waals surface area contributed by atoms with Crippen LogP contribution in [0.2, 0.25) is 0 Å². The van der Waals surface area contributed by atoms with Crippen LogP contribution in [0.4, 0.5) is 5.69 Å². The van der Waals surface area contributed by atoms with Crippen LogP contribution in [0.3, 0.4) is 0 Å². The number of nitrogens with zero attached hydrogens (tertiary/aromatic N) is 2. The van der Waals surface area contributed by atoms with Gasteiger partial charge < -0.3 is 15.2 Å². The Hall–Kier alpha value is -3.33. The minimum Gasteiger partial charge on any atom is -0.481 e. The second kappa shape index (κ2) is 7.35. The Morgan fingerprint density at radius 3 is 2.79 bits per heavy atom. The van der Waals surface area contributed by atoms with Crippen LogP contribution in [-0.4, -0.2) is 34.0 Å². The third-order valence-electron chi connectivity index (χ3n) is 4.34. The molecule has 28 heavy (non-hydrogen) atoms. The molecule has 2 heterocycles. The van der Waals surface area contributed by atoms with E-state index < -0.39 is 18.7 Å². The highest BCUT2D eigenvalue weighted by molar-refractivity contribution is 7.98. The molecule has 0 spiro atoms. The normalized spacial score (nSPS) is 14.5. The van der Waals surface area contributed by atoms with Crippen LogP contribution in [-0.2, 0) is 4.79 Å². The first-order chi connectivity index (χ1) is 13.6. The molecule has 3 N–H and O–H groups in total. The number of para-hydroxylation sites is 2. The molecule has 0 unspecified atom stereocenters. The predicted molar refractivity (Wildman–Crippen MR) is 104 cm³/mol. The topological polar surface area (TPSA) is 108 Å². The molecule has 0 radical (unpaired) electrons. The molecule has 1 aliphatic rings. The molecule has 3 aromatic rings. The number of carboxylic acids is 1. The zero-order valence-corrected chi connectivity index (χ0v) is 15.7. The van der Waals surface area contributed by atoms with Crippen LogP contribution in [0.15, 0.2) is 58.5 Å². The number of aliphatic carboxylic acids is 1. The van der Waals surface area contributed by atoms with Gasteiger partial charge >= 0.3 is 17.2 Å². The van der Waals surface area contributed by atoms with Gasteiger partial charge in [0.25, 0.3) is 6.17 Å². The maximum Gasteiger partial charge on any atom is 0.341 e. The lowest BCUT2D eigenvalue weighted by Gasteiger charge is -2.23. The van der Waals surface area contributed by atoms with E-state index in [1.807, 2.05) is 42.7 Å². The van der Waals surface area contributed by atoms with Crippen molar-refractivity contribution in [2.45, 2.75) is 11.3 Å². The summed E-state index contributed by atoms with van der Waals surface area (Å²) in [6.45, 7) is -0.462. The summed E-state index contributed by atoms with van der Waals surface area (Å²) in [7, 11) is 0. The number of aromatic amines is 1. The van der Waals surface area contributed by atoms with Crippen LogP contribution in [0.1, 0.15) is 11.7 Å². The van der Waals surface area contributed by atoms with E-state index in [4.69, 9.17) is 9.84 Å². The van der Waals surface area contributed by atoms with Crippen LogP contribution >= 0.6 is 11.8 Å². The first-order valence-electron chi connectivity index (χ1n) is 8.48. The van der Waals surface area contributed by atoms with Crippen LogP contribution < -0.4 is 20.3 Å². The van der Waals surface area contributed by atoms with Crippen molar-refractivity contribution in [3.8, 4) is 17.0 Å². The zero-order valence-electron chi connectivity index (χ0n) is 14.9. The van der Waals surface area contributed by atoms with Gasteiger partial charge in [-0.3, -0.25) is 9.78 Å². The van der Waals surface area contributed by atoms with Crippen LogP contribution in [0.25, 0.3) is 11.3 Å². The van der Waals surface area contributed by atoms with Crippen molar-refractivity contribution in [1.29, 1.82) is 0 Å². The average molecular weight is 397 g/mol. The summed E-state index contributed by atoms with van der Waals surface area (Å²) in [6, 6.07) is 14.6. The minimum absolute atomic E-state index is 0.248. The Bertz CT molecular complexity index is 1120. The van der Waals surface area contributed by atoms with Crippen molar-refractivity contribution < 1.29 is 19.3 Å². The summed E-state index contributed by atoms with van der Waals surface area (Å²) in [5, 5.41) is 17.4. The Balaban J connectivity index is 1.91. The van der Waals surface area contributed by atoms with E-state index >= 15 is 0 Å². The van der Waals surface area contributed by atoms with E-state index in [9.17, 15) is 9.59 Å². The number of benzene rings is 2. The lowest BCUT2D eigenvalue weighted by Crippen LogP contribution is -2.55. The van der Waals surface area contributed by atoms with Crippen molar-refractivity contribution in [2.75, 3.05) is 18.2 Å². The fourth-order valence-corrected chi connectivity index (χ4v) is 3.53. The van der Waals surface area contributed by atoms with Gasteiger partial charge in [0.2, 0.25) is 5.16 Å². The second-order valence-electron chi connectivity index (χ2n) is 6.07. The summed E-state index contributed by atoms with van der Waals surface area (Å²) in [6.07, 6.45) is 1.29. The molecular formula is C19H17N4O4S+. The summed E-state index contributed by atoms with van der Waals surface area (Å²) in [5.41, 5.74) is 2.37. The molecule has 0 bridgehead atoms. The number of carboxylic acid groups (broad SMARTS) is 1. The van der Waals surface area contributed by atoms with Gasteiger partial charge in [-0.2, -0.15) is 0 Å². The Morgan fingerprint density at radius 2 is 2.00 bits per heavy atom. The van der Waals surface area contributed by atoms with E-state index in [1.165, 1.54) is 11.8 Å². The largest absolute Gasteiger partial charge is 0.481 e. The van der Waals surface area contributed by atoms with Crippen LogP contribution in [0.5, 0.6) is 5.75 Å². The number of anilines is 1. The maximum atomic E-state index is 12.8. The summed E-state index contributed by atoms with van der Waals surface area (Å²) in [5.74, 6) is -0.656. The van der Waals surface area contributed by atoms with E-state index in [-0.39, 0.29) is 5.56 Å². The number of carbonyl (C=O) groups is 1. The second-order valence-corrected chi connectivity index (χ2v) is 6.86. The number of rotatable bonds is 5. The van der Waals surface area contributed by atoms with Crippen molar-refractivity contribution >= 4 is 23.4 Å². The number of hydrogen-bond donors (Lipinski definition) is 3. The molecule has 2 aromatic carbocycles. The number of H-pyrrole nitrogens is 1. The number of nitrogens with one attached hydrogen (secondary N) is 2. The van der Waals surface area contributed by atoms with E-state index in [0.29, 0.717) is 22.2 Å². The van der Waals surface area contributed by atoms with Gasteiger partial charge in [-0.05, 0) is 35.2 Å². The molecule has 142 valence electrons. The number of fused-ring (bicyclic) bond motifs is 3. The third kappa shape index (κ3) is 3.20. The van der Waals surface area contributed by atoms with Crippen molar-refractivity contribution in [3.05, 3.63) is 64.4 Å². The molecule has 1 aliphatic heterocycles. The lowest BCUT2D eigenvalue weighted by molar-refractivity contribution is -0.759. The molecule has 0 fully saturated rings. The Kier molecular flexibility index (Phi) is 4.74. The van der Waals surface area contributed by atoms with Gasteiger partial charge in [-0.1, -0.05) is 36.0 Å². The van der Waals surface area contributed by atoms with Gasteiger partial charge in [-0.15, -0.1) is 0 Å². The number of thioether (sulfide) groups is 1. The maximum absolute atomic E-state index is 12.8. The van der Waals surface area contributed by atoms with Crippen molar-refractivity contribution in [2.24, 2.45) is 0 Å². The standard InChI is InChI=1S/C19H16N4O4S/c1-28-19-21-18(26)16-11-6-2-4-8-13(11)20-17(23(16)22-19)12-7-3-5-9-14(12)27-10-15(24)25/h2-9,17H,10H2,1H3,(H2,21,22,24,25,26)/p+1/t17-/m0/s1. The molecule has 8 nitrogen and oxygen atoms in total. The van der Waals surface area contributed by atoms with Crippen molar-refractivity contribution in [3.63, 3.8) is 0 Å². The van der Waals surface area contributed by atoms with E-state index in [1.54, 1.807) is 16.8 Å². The van der Waals surface area contributed by atoms with Crippen molar-refractivity contribution in [1.82, 2.24) is 10.1 Å². The highest BCUT2D eigenvalue weighted by Gasteiger charge is 2.38. The number of aromatic nitrogens is 3. The smallest absolute Gasteiger partial charge is 0.341 e. The minimum atomic E-state index is -1.07. The summed E-state index contributed by atoms with van der Waals surface area (Å²) in [4.78, 5) is 26.6. The van der Waals surface area contributed by atoms with E-state index in [2.05, 4.69) is 15.4 Å². The monoisotopic (exact) mass is 397 g/mol. The van der Waals surface area contributed by atoms with Gasteiger partial charge in [0.1, 0.15) is 5.75 Å². The highest BCUT2D eigenvalue weighted by atomic mass is 32.2.